The number of carbonyl (C=O) groups excluding carboxylic acids is 2. The lowest BCUT2D eigenvalue weighted by Gasteiger charge is -2.33. The van der Waals surface area contributed by atoms with Crippen LogP contribution in [0, 0.1) is 5.92 Å². The van der Waals surface area contributed by atoms with Crippen molar-refractivity contribution >= 4 is 24.2 Å². The van der Waals surface area contributed by atoms with Crippen molar-refractivity contribution in [3.63, 3.8) is 0 Å². The Kier molecular flexibility index (Phi) is 8.02. The molecule has 1 aromatic carbocycles. The van der Waals surface area contributed by atoms with Crippen molar-refractivity contribution in [2.24, 2.45) is 11.7 Å². The topological polar surface area (TPSA) is 95.7 Å². The number of aliphatic hydroxyl groups is 1. The van der Waals surface area contributed by atoms with Crippen molar-refractivity contribution in [3.8, 4) is 0 Å². The predicted molar refractivity (Wildman–Crippen MR) is 90.0 cm³/mol. The molecule has 1 aromatic rings. The molecule has 0 radical (unpaired) electrons. The van der Waals surface area contributed by atoms with Crippen LogP contribution in [-0.2, 0) is 9.59 Å². The Hall–Kier alpha value is -1.63. The molecule has 0 spiro atoms. The summed E-state index contributed by atoms with van der Waals surface area (Å²) in [6, 6.07) is 8.84. The smallest absolute Gasteiger partial charge is 0.256 e. The Morgan fingerprint density at radius 1 is 1.35 bits per heavy atom. The van der Waals surface area contributed by atoms with E-state index in [1.54, 1.807) is 29.2 Å². The van der Waals surface area contributed by atoms with Crippen molar-refractivity contribution in [2.75, 3.05) is 26.2 Å². The predicted octanol–water partition coefficient (Wildman–Crippen LogP) is 0.455. The second-order valence-electron chi connectivity index (χ2n) is 5.52. The monoisotopic (exact) mass is 341 g/mol. The molecule has 4 N–H and O–H groups in total. The van der Waals surface area contributed by atoms with Crippen LogP contribution in [0.2, 0.25) is 0 Å². The van der Waals surface area contributed by atoms with Gasteiger partial charge in [-0.2, -0.15) is 0 Å². The van der Waals surface area contributed by atoms with Gasteiger partial charge in [0.1, 0.15) is 0 Å². The third-order valence-corrected chi connectivity index (χ3v) is 3.90. The highest BCUT2D eigenvalue weighted by molar-refractivity contribution is 5.85. The average Bonchev–Trinajstić information content (AvgIpc) is 2.59. The van der Waals surface area contributed by atoms with E-state index in [4.69, 9.17) is 5.73 Å². The first-order valence-corrected chi connectivity index (χ1v) is 7.63. The lowest BCUT2D eigenvalue weighted by molar-refractivity contribution is -0.143. The van der Waals surface area contributed by atoms with Gasteiger partial charge in [0.05, 0.1) is 5.92 Å². The molecule has 0 aliphatic carbocycles. The fourth-order valence-corrected chi connectivity index (χ4v) is 2.68. The van der Waals surface area contributed by atoms with Crippen LogP contribution in [0.15, 0.2) is 30.3 Å². The standard InChI is InChI=1S/C16H23N3O3.ClH/c17-8-9-18-15(21)13-7-4-10-19(11-13)16(22)14(20)12-5-2-1-3-6-12;/h1-3,5-6,13-14,20H,4,7-11,17H2,(H,18,21);1H. The van der Waals surface area contributed by atoms with Crippen LogP contribution >= 0.6 is 12.4 Å². The van der Waals surface area contributed by atoms with Gasteiger partial charge in [0.25, 0.3) is 5.91 Å². The zero-order valence-electron chi connectivity index (χ0n) is 13.0. The highest BCUT2D eigenvalue weighted by atomic mass is 35.5. The van der Waals surface area contributed by atoms with Gasteiger partial charge in [-0.15, -0.1) is 12.4 Å². The Labute approximate surface area is 142 Å². The number of nitrogens with zero attached hydrogens (tertiary/aromatic N) is 1. The van der Waals surface area contributed by atoms with E-state index in [0.717, 1.165) is 12.8 Å². The molecule has 2 atom stereocenters. The van der Waals surface area contributed by atoms with E-state index in [9.17, 15) is 14.7 Å². The quantitative estimate of drug-likeness (QED) is 0.724. The van der Waals surface area contributed by atoms with E-state index >= 15 is 0 Å². The Morgan fingerprint density at radius 2 is 2.04 bits per heavy atom. The number of carbonyl (C=O) groups is 2. The van der Waals surface area contributed by atoms with Crippen LogP contribution < -0.4 is 11.1 Å². The number of likely N-dealkylation sites (tertiary alicyclic amines) is 1. The maximum Gasteiger partial charge on any atom is 0.256 e. The maximum atomic E-state index is 12.4. The number of benzene rings is 1. The summed E-state index contributed by atoms with van der Waals surface area (Å²) in [5, 5.41) is 13.0. The normalized spacial score (nSPS) is 18.7. The highest BCUT2D eigenvalue weighted by Gasteiger charge is 2.31. The van der Waals surface area contributed by atoms with Crippen LogP contribution in [0.5, 0.6) is 0 Å². The highest BCUT2D eigenvalue weighted by Crippen LogP contribution is 2.21. The van der Waals surface area contributed by atoms with E-state index in [0.29, 0.717) is 31.7 Å². The molecule has 7 heteroatoms. The molecule has 0 bridgehead atoms. The minimum atomic E-state index is -1.17. The molecule has 128 valence electrons. The van der Waals surface area contributed by atoms with E-state index in [1.165, 1.54) is 0 Å². The van der Waals surface area contributed by atoms with Gasteiger partial charge in [-0.1, -0.05) is 30.3 Å². The third kappa shape index (κ3) is 5.20. The van der Waals surface area contributed by atoms with E-state index in [1.807, 2.05) is 6.07 Å². The third-order valence-electron chi connectivity index (χ3n) is 3.90. The minimum absolute atomic E-state index is 0. The van der Waals surface area contributed by atoms with Crippen molar-refractivity contribution < 1.29 is 14.7 Å². The number of rotatable bonds is 5. The average molecular weight is 342 g/mol. The molecule has 2 unspecified atom stereocenters. The number of hydrogen-bond donors (Lipinski definition) is 3. The van der Waals surface area contributed by atoms with Crippen LogP contribution in [-0.4, -0.2) is 48.0 Å². The van der Waals surface area contributed by atoms with Crippen LogP contribution in [0.4, 0.5) is 0 Å². The summed E-state index contributed by atoms with van der Waals surface area (Å²) < 4.78 is 0. The maximum absolute atomic E-state index is 12.4. The first-order chi connectivity index (χ1) is 10.6. The van der Waals surface area contributed by atoms with Gasteiger partial charge in [0.2, 0.25) is 5.91 Å². The summed E-state index contributed by atoms with van der Waals surface area (Å²) in [4.78, 5) is 26.0. The fraction of sp³-hybridized carbons (Fsp3) is 0.500. The van der Waals surface area contributed by atoms with Gasteiger partial charge < -0.3 is 21.1 Å². The molecule has 23 heavy (non-hydrogen) atoms. The molecule has 1 saturated heterocycles. The zero-order valence-corrected chi connectivity index (χ0v) is 13.8. The number of halogens is 1. The summed E-state index contributed by atoms with van der Waals surface area (Å²) >= 11 is 0. The molecule has 1 heterocycles. The molecule has 2 amide bonds. The lowest BCUT2D eigenvalue weighted by Crippen LogP contribution is -2.47. The number of nitrogens with one attached hydrogen (secondary N) is 1. The molecule has 0 saturated carbocycles. The van der Waals surface area contributed by atoms with Crippen LogP contribution in [0.1, 0.15) is 24.5 Å². The number of amides is 2. The fourth-order valence-electron chi connectivity index (χ4n) is 2.68. The first kappa shape index (κ1) is 19.4. The number of hydrogen-bond acceptors (Lipinski definition) is 4. The van der Waals surface area contributed by atoms with Crippen molar-refractivity contribution in [1.82, 2.24) is 10.2 Å². The molecule has 1 aliphatic rings. The van der Waals surface area contributed by atoms with E-state index < -0.39 is 6.10 Å². The van der Waals surface area contributed by atoms with Crippen LogP contribution in [0.25, 0.3) is 0 Å². The van der Waals surface area contributed by atoms with E-state index in [2.05, 4.69) is 5.32 Å². The van der Waals surface area contributed by atoms with Crippen molar-refractivity contribution in [3.05, 3.63) is 35.9 Å². The number of nitrogens with two attached hydrogens (primary N) is 1. The second kappa shape index (κ2) is 9.50. The van der Waals surface area contributed by atoms with Gasteiger partial charge >= 0.3 is 0 Å². The summed E-state index contributed by atoms with van der Waals surface area (Å²) in [7, 11) is 0. The molecule has 2 rings (SSSR count). The second-order valence-corrected chi connectivity index (χ2v) is 5.52. The summed E-state index contributed by atoms with van der Waals surface area (Å²) in [5.41, 5.74) is 5.95. The minimum Gasteiger partial charge on any atom is -0.378 e. The number of piperidine rings is 1. The van der Waals surface area contributed by atoms with Crippen molar-refractivity contribution in [2.45, 2.75) is 18.9 Å². The van der Waals surface area contributed by atoms with E-state index in [-0.39, 0.29) is 30.1 Å². The zero-order chi connectivity index (χ0) is 15.9. The summed E-state index contributed by atoms with van der Waals surface area (Å²) in [6.45, 7) is 1.76. The SMILES string of the molecule is Cl.NCCNC(=O)C1CCCN(C(=O)C(O)c2ccccc2)C1. The molecule has 0 aromatic heterocycles. The largest absolute Gasteiger partial charge is 0.378 e. The molecular formula is C16H24ClN3O3. The number of aliphatic hydroxyl groups excluding tert-OH is 1. The van der Waals surface area contributed by atoms with Crippen molar-refractivity contribution in [1.29, 1.82) is 0 Å². The van der Waals surface area contributed by atoms with Gasteiger partial charge in [-0.3, -0.25) is 9.59 Å². The van der Waals surface area contributed by atoms with Gasteiger partial charge in [0.15, 0.2) is 6.10 Å². The van der Waals surface area contributed by atoms with Gasteiger partial charge in [-0.05, 0) is 18.4 Å². The van der Waals surface area contributed by atoms with Gasteiger partial charge in [-0.25, -0.2) is 0 Å². The Balaban J connectivity index is 0.00000264. The molecular weight excluding hydrogens is 318 g/mol. The Morgan fingerprint density at radius 3 is 2.70 bits per heavy atom. The molecule has 6 nitrogen and oxygen atoms in total. The molecule has 1 aliphatic heterocycles. The van der Waals surface area contributed by atoms with Crippen LogP contribution in [0.3, 0.4) is 0 Å². The summed E-state index contributed by atoms with van der Waals surface area (Å²) in [5.74, 6) is -0.646. The Bertz CT molecular complexity index is 513. The first-order valence-electron chi connectivity index (χ1n) is 7.63. The summed E-state index contributed by atoms with van der Waals surface area (Å²) in [6.07, 6.45) is 0.335. The molecule has 1 fully saturated rings. The van der Waals surface area contributed by atoms with Gasteiger partial charge in [0, 0.05) is 26.2 Å². The lowest BCUT2D eigenvalue weighted by atomic mass is 9.96.